The summed E-state index contributed by atoms with van der Waals surface area (Å²) in [5.41, 5.74) is 3.43. The van der Waals surface area contributed by atoms with Crippen LogP contribution in [0.15, 0.2) is 30.3 Å². The lowest BCUT2D eigenvalue weighted by molar-refractivity contribution is 0.999. The van der Waals surface area contributed by atoms with Gasteiger partial charge in [-0.25, -0.2) is 4.98 Å². The van der Waals surface area contributed by atoms with E-state index in [1.807, 2.05) is 18.2 Å². The molecular formula is C13H14N2S. The van der Waals surface area contributed by atoms with Gasteiger partial charge in [0, 0.05) is 11.3 Å². The van der Waals surface area contributed by atoms with Gasteiger partial charge in [0.1, 0.15) is 10.5 Å². The van der Waals surface area contributed by atoms with Crippen LogP contribution < -0.4 is 0 Å². The van der Waals surface area contributed by atoms with Crippen LogP contribution in [0.5, 0.6) is 0 Å². The van der Waals surface area contributed by atoms with Gasteiger partial charge in [-0.15, -0.1) is 0 Å². The lowest BCUT2D eigenvalue weighted by Gasteiger charge is -2.05. The summed E-state index contributed by atoms with van der Waals surface area (Å²) in [4.78, 5) is 7.65. The van der Waals surface area contributed by atoms with E-state index in [9.17, 15) is 0 Å². The maximum atomic E-state index is 5.16. The van der Waals surface area contributed by atoms with Gasteiger partial charge < -0.3 is 4.98 Å². The SMILES string of the molecule is CCc1cc(=S)nc(-c2cccc(C)c2)[nH]1. The summed E-state index contributed by atoms with van der Waals surface area (Å²) in [6.07, 6.45) is 0.935. The molecule has 0 spiro atoms. The Bertz CT molecular complexity index is 558. The van der Waals surface area contributed by atoms with E-state index in [1.165, 1.54) is 5.56 Å². The third kappa shape index (κ3) is 2.36. The summed E-state index contributed by atoms with van der Waals surface area (Å²) in [7, 11) is 0. The average molecular weight is 230 g/mol. The molecule has 0 unspecified atom stereocenters. The van der Waals surface area contributed by atoms with Crippen molar-refractivity contribution in [2.45, 2.75) is 20.3 Å². The maximum absolute atomic E-state index is 5.16. The molecule has 1 aromatic carbocycles. The Morgan fingerprint density at radius 2 is 2.12 bits per heavy atom. The Morgan fingerprint density at radius 1 is 1.31 bits per heavy atom. The van der Waals surface area contributed by atoms with Crippen molar-refractivity contribution in [2.75, 3.05) is 0 Å². The molecule has 82 valence electrons. The minimum Gasteiger partial charge on any atom is -0.343 e. The van der Waals surface area contributed by atoms with Crippen LogP contribution in [-0.2, 0) is 6.42 Å². The predicted molar refractivity (Wildman–Crippen MR) is 69.0 cm³/mol. The molecule has 16 heavy (non-hydrogen) atoms. The number of nitrogens with zero attached hydrogens (tertiary/aromatic N) is 1. The van der Waals surface area contributed by atoms with Crippen LogP contribution in [0.25, 0.3) is 11.4 Å². The second kappa shape index (κ2) is 4.58. The van der Waals surface area contributed by atoms with E-state index in [4.69, 9.17) is 12.2 Å². The first-order valence-electron chi connectivity index (χ1n) is 5.36. The van der Waals surface area contributed by atoms with Crippen molar-refractivity contribution in [2.24, 2.45) is 0 Å². The molecule has 2 rings (SSSR count). The highest BCUT2D eigenvalue weighted by Crippen LogP contribution is 2.16. The van der Waals surface area contributed by atoms with Crippen molar-refractivity contribution in [3.05, 3.63) is 46.2 Å². The van der Waals surface area contributed by atoms with E-state index in [0.717, 1.165) is 23.5 Å². The van der Waals surface area contributed by atoms with Crippen LogP contribution in [0.2, 0.25) is 0 Å². The molecule has 0 fully saturated rings. The molecule has 2 nitrogen and oxygen atoms in total. The fraction of sp³-hybridized carbons (Fsp3) is 0.231. The van der Waals surface area contributed by atoms with Crippen molar-refractivity contribution in [3.63, 3.8) is 0 Å². The van der Waals surface area contributed by atoms with Gasteiger partial charge in [0.15, 0.2) is 0 Å². The highest BCUT2D eigenvalue weighted by molar-refractivity contribution is 7.71. The summed E-state index contributed by atoms with van der Waals surface area (Å²) >= 11 is 5.16. The molecule has 0 saturated carbocycles. The number of H-pyrrole nitrogens is 1. The number of rotatable bonds is 2. The zero-order chi connectivity index (χ0) is 11.5. The number of aromatic amines is 1. The van der Waals surface area contributed by atoms with Crippen LogP contribution >= 0.6 is 12.2 Å². The van der Waals surface area contributed by atoms with E-state index in [-0.39, 0.29) is 0 Å². The molecule has 0 aliphatic rings. The fourth-order valence-electron chi connectivity index (χ4n) is 1.63. The zero-order valence-electron chi connectivity index (χ0n) is 9.45. The maximum Gasteiger partial charge on any atom is 0.139 e. The minimum absolute atomic E-state index is 0.645. The Morgan fingerprint density at radius 3 is 2.81 bits per heavy atom. The Labute approximate surface area is 100 Å². The average Bonchev–Trinajstić information content (AvgIpc) is 2.28. The molecule has 3 heteroatoms. The molecule has 0 aliphatic carbocycles. The topological polar surface area (TPSA) is 28.7 Å². The summed E-state index contributed by atoms with van der Waals surface area (Å²) in [5.74, 6) is 0.855. The van der Waals surface area contributed by atoms with Crippen LogP contribution in [0.1, 0.15) is 18.2 Å². The van der Waals surface area contributed by atoms with Crippen LogP contribution in [-0.4, -0.2) is 9.97 Å². The molecule has 0 amide bonds. The van der Waals surface area contributed by atoms with Gasteiger partial charge in [-0.05, 0) is 25.5 Å². The van der Waals surface area contributed by atoms with E-state index in [2.05, 4.69) is 35.9 Å². The number of aryl methyl sites for hydroxylation is 2. The van der Waals surface area contributed by atoms with Gasteiger partial charge >= 0.3 is 0 Å². The molecule has 0 atom stereocenters. The smallest absolute Gasteiger partial charge is 0.139 e. The molecule has 0 bridgehead atoms. The first-order valence-corrected chi connectivity index (χ1v) is 5.77. The monoisotopic (exact) mass is 230 g/mol. The highest BCUT2D eigenvalue weighted by atomic mass is 32.1. The Balaban J connectivity index is 2.55. The number of nitrogens with one attached hydrogen (secondary N) is 1. The van der Waals surface area contributed by atoms with Gasteiger partial charge in [0.2, 0.25) is 0 Å². The van der Waals surface area contributed by atoms with Crippen molar-refractivity contribution in [3.8, 4) is 11.4 Å². The number of hydrogen-bond acceptors (Lipinski definition) is 2. The van der Waals surface area contributed by atoms with Crippen molar-refractivity contribution in [1.29, 1.82) is 0 Å². The molecule has 1 N–H and O–H groups in total. The Hall–Kier alpha value is -1.48. The van der Waals surface area contributed by atoms with Gasteiger partial charge in [-0.3, -0.25) is 0 Å². The molecular weight excluding hydrogens is 216 g/mol. The quantitative estimate of drug-likeness (QED) is 0.797. The minimum atomic E-state index is 0.645. The van der Waals surface area contributed by atoms with Crippen molar-refractivity contribution < 1.29 is 0 Å². The first kappa shape index (κ1) is 11.0. The Kier molecular flexibility index (Phi) is 3.15. The first-order chi connectivity index (χ1) is 7.69. The lowest BCUT2D eigenvalue weighted by Crippen LogP contribution is -1.94. The lowest BCUT2D eigenvalue weighted by atomic mass is 10.1. The van der Waals surface area contributed by atoms with Crippen LogP contribution in [0.4, 0.5) is 0 Å². The molecule has 1 aromatic heterocycles. The molecule has 1 heterocycles. The molecule has 2 aromatic rings. The summed E-state index contributed by atoms with van der Waals surface area (Å²) in [6.45, 7) is 4.17. The van der Waals surface area contributed by atoms with Gasteiger partial charge in [0.25, 0.3) is 0 Å². The normalized spacial score (nSPS) is 10.4. The van der Waals surface area contributed by atoms with Crippen molar-refractivity contribution >= 4 is 12.2 Å². The van der Waals surface area contributed by atoms with E-state index in [1.54, 1.807) is 0 Å². The third-order valence-electron chi connectivity index (χ3n) is 2.47. The van der Waals surface area contributed by atoms with E-state index >= 15 is 0 Å². The number of aromatic nitrogens is 2. The second-order valence-electron chi connectivity index (χ2n) is 3.82. The fourth-order valence-corrected chi connectivity index (χ4v) is 1.86. The van der Waals surface area contributed by atoms with Gasteiger partial charge in [-0.2, -0.15) is 0 Å². The summed E-state index contributed by atoms with van der Waals surface area (Å²) in [5, 5.41) is 0. The predicted octanol–water partition coefficient (Wildman–Crippen LogP) is 3.68. The zero-order valence-corrected chi connectivity index (χ0v) is 10.3. The van der Waals surface area contributed by atoms with E-state index < -0.39 is 0 Å². The van der Waals surface area contributed by atoms with E-state index in [0.29, 0.717) is 4.64 Å². The number of hydrogen-bond donors (Lipinski definition) is 1. The van der Waals surface area contributed by atoms with Crippen LogP contribution in [0.3, 0.4) is 0 Å². The molecule has 0 aliphatic heterocycles. The van der Waals surface area contributed by atoms with Gasteiger partial charge in [0.05, 0.1) is 0 Å². The summed E-state index contributed by atoms with van der Waals surface area (Å²) < 4.78 is 0.645. The van der Waals surface area contributed by atoms with Crippen LogP contribution in [0, 0.1) is 11.6 Å². The highest BCUT2D eigenvalue weighted by Gasteiger charge is 2.01. The van der Waals surface area contributed by atoms with Gasteiger partial charge in [-0.1, -0.05) is 42.9 Å². The van der Waals surface area contributed by atoms with Crippen molar-refractivity contribution in [1.82, 2.24) is 9.97 Å². The molecule has 0 saturated heterocycles. The third-order valence-corrected chi connectivity index (χ3v) is 2.68. The summed E-state index contributed by atoms with van der Waals surface area (Å²) in [6, 6.07) is 10.2. The standard InChI is InChI=1S/C13H14N2S/c1-3-11-8-12(16)15-13(14-11)10-6-4-5-9(2)7-10/h4-8H,3H2,1-2H3,(H,14,15,16). The molecule has 0 radical (unpaired) electrons. The second-order valence-corrected chi connectivity index (χ2v) is 4.23. The number of benzene rings is 1. The largest absolute Gasteiger partial charge is 0.343 e.